The van der Waals surface area contributed by atoms with Crippen molar-refractivity contribution in [3.8, 4) is 0 Å². The fourth-order valence-electron chi connectivity index (χ4n) is 3.83. The van der Waals surface area contributed by atoms with Crippen molar-refractivity contribution in [2.24, 2.45) is 11.8 Å². The van der Waals surface area contributed by atoms with Crippen LogP contribution < -0.4 is 10.6 Å². The van der Waals surface area contributed by atoms with E-state index in [1.54, 1.807) is 27.7 Å². The van der Waals surface area contributed by atoms with Crippen LogP contribution in [-0.2, 0) is 19.0 Å². The maximum Gasteiger partial charge on any atom is 0.408 e. The molecule has 0 radical (unpaired) electrons. The molecule has 1 saturated carbocycles. The number of alkyl carbamates (subject to hydrolysis) is 1. The minimum Gasteiger partial charge on any atom is -0.444 e. The first-order chi connectivity index (χ1) is 14.0. The molecule has 4 atom stereocenters. The van der Waals surface area contributed by atoms with Crippen molar-refractivity contribution < 1.29 is 28.9 Å². The van der Waals surface area contributed by atoms with E-state index in [4.69, 9.17) is 14.2 Å². The largest absolute Gasteiger partial charge is 0.444 e. The molecule has 0 saturated heterocycles. The lowest BCUT2D eigenvalue weighted by Gasteiger charge is -2.41. The Morgan fingerprint density at radius 2 is 1.67 bits per heavy atom. The van der Waals surface area contributed by atoms with Gasteiger partial charge in [-0.05, 0) is 46.5 Å². The molecule has 1 aliphatic carbocycles. The van der Waals surface area contributed by atoms with Crippen LogP contribution in [-0.4, -0.2) is 60.9 Å². The fraction of sp³-hybridized carbons (Fsp3) is 0.909. The molecule has 1 fully saturated rings. The number of carbonyl (C=O) groups is 2. The van der Waals surface area contributed by atoms with Gasteiger partial charge in [0.1, 0.15) is 18.5 Å². The van der Waals surface area contributed by atoms with E-state index in [-0.39, 0.29) is 24.5 Å². The quantitative estimate of drug-likeness (QED) is 0.460. The van der Waals surface area contributed by atoms with Gasteiger partial charge in [-0.1, -0.05) is 33.1 Å². The van der Waals surface area contributed by atoms with Crippen molar-refractivity contribution in [2.75, 3.05) is 13.9 Å². The van der Waals surface area contributed by atoms with E-state index in [1.807, 2.05) is 13.8 Å². The van der Waals surface area contributed by atoms with E-state index in [9.17, 15) is 14.7 Å². The van der Waals surface area contributed by atoms with Gasteiger partial charge < -0.3 is 30.0 Å². The van der Waals surface area contributed by atoms with E-state index in [0.717, 1.165) is 32.1 Å². The monoisotopic (exact) mass is 430 g/mol. The van der Waals surface area contributed by atoms with Gasteiger partial charge in [0, 0.05) is 13.0 Å². The molecule has 0 bridgehead atoms. The smallest absolute Gasteiger partial charge is 0.408 e. The molecule has 0 spiro atoms. The molecule has 1 rings (SSSR count). The Kier molecular flexibility index (Phi) is 11.1. The molecule has 0 aliphatic heterocycles. The van der Waals surface area contributed by atoms with E-state index >= 15 is 0 Å². The number of aliphatic hydroxyl groups excluding tert-OH is 1. The van der Waals surface area contributed by atoms with Gasteiger partial charge in [-0.2, -0.15) is 0 Å². The summed E-state index contributed by atoms with van der Waals surface area (Å²) in [6.45, 7) is 10.6. The van der Waals surface area contributed by atoms with Gasteiger partial charge in [0.05, 0.1) is 18.2 Å². The van der Waals surface area contributed by atoms with Crippen molar-refractivity contribution in [3.63, 3.8) is 0 Å². The SMILES string of the molecule is COCO[C@@H]([C@H](C)O)[C@@H](NC(=O)OC(C)(C)C)C(NC(=O)C(C)C)C1CCCCC1. The van der Waals surface area contributed by atoms with Crippen molar-refractivity contribution >= 4 is 12.0 Å². The van der Waals surface area contributed by atoms with Gasteiger partial charge in [-0.15, -0.1) is 0 Å². The lowest BCUT2D eigenvalue weighted by molar-refractivity contribution is -0.133. The number of amides is 2. The standard InChI is InChI=1S/C22H42N2O6/c1-14(2)20(26)23-17(16-11-9-8-10-12-16)18(19(15(3)25)29-13-28-7)24-21(27)30-22(4,5)6/h14-19,25H,8-13H2,1-7H3,(H,23,26)(H,24,27)/t15-,17?,18-,19-/m0/s1. The summed E-state index contributed by atoms with van der Waals surface area (Å²) >= 11 is 0. The molecule has 3 N–H and O–H groups in total. The van der Waals surface area contributed by atoms with Gasteiger partial charge in [-0.3, -0.25) is 4.79 Å². The summed E-state index contributed by atoms with van der Waals surface area (Å²) in [5.41, 5.74) is -0.677. The molecule has 176 valence electrons. The third kappa shape index (κ3) is 9.18. The zero-order valence-corrected chi connectivity index (χ0v) is 19.7. The van der Waals surface area contributed by atoms with Crippen molar-refractivity contribution in [2.45, 2.75) is 104 Å². The number of nitrogens with one attached hydrogen (secondary N) is 2. The second-order valence-electron chi connectivity index (χ2n) is 9.54. The molecule has 0 heterocycles. The van der Waals surface area contributed by atoms with E-state index < -0.39 is 36.0 Å². The van der Waals surface area contributed by atoms with E-state index in [2.05, 4.69) is 10.6 Å². The first kappa shape index (κ1) is 26.7. The molecule has 1 aliphatic rings. The second-order valence-corrected chi connectivity index (χ2v) is 9.54. The third-order valence-corrected chi connectivity index (χ3v) is 5.27. The Morgan fingerprint density at radius 1 is 1.07 bits per heavy atom. The molecule has 30 heavy (non-hydrogen) atoms. The van der Waals surface area contributed by atoms with Gasteiger partial charge in [-0.25, -0.2) is 4.79 Å². The predicted octanol–water partition coefficient (Wildman–Crippen LogP) is 2.97. The van der Waals surface area contributed by atoms with Crippen LogP contribution in [0.4, 0.5) is 4.79 Å². The van der Waals surface area contributed by atoms with E-state index in [0.29, 0.717) is 0 Å². The predicted molar refractivity (Wildman–Crippen MR) is 115 cm³/mol. The molecule has 0 aromatic heterocycles. The van der Waals surface area contributed by atoms with Crippen molar-refractivity contribution in [1.29, 1.82) is 0 Å². The normalized spacial score (nSPS) is 19.6. The molecular formula is C22H42N2O6. The lowest BCUT2D eigenvalue weighted by atomic mass is 9.79. The number of hydrogen-bond donors (Lipinski definition) is 3. The Hall–Kier alpha value is -1.38. The summed E-state index contributed by atoms with van der Waals surface area (Å²) in [7, 11) is 1.49. The number of aliphatic hydroxyl groups is 1. The number of hydrogen-bond acceptors (Lipinski definition) is 6. The first-order valence-electron chi connectivity index (χ1n) is 11.0. The zero-order valence-electron chi connectivity index (χ0n) is 19.7. The third-order valence-electron chi connectivity index (χ3n) is 5.27. The highest BCUT2D eigenvalue weighted by Gasteiger charge is 2.41. The maximum atomic E-state index is 12.7. The van der Waals surface area contributed by atoms with Crippen LogP contribution >= 0.6 is 0 Å². The molecular weight excluding hydrogens is 388 g/mol. The van der Waals surface area contributed by atoms with Crippen LogP contribution in [0.5, 0.6) is 0 Å². The van der Waals surface area contributed by atoms with Gasteiger partial charge in [0.15, 0.2) is 0 Å². The van der Waals surface area contributed by atoms with Crippen LogP contribution in [0, 0.1) is 11.8 Å². The second kappa shape index (κ2) is 12.5. The number of rotatable bonds is 10. The molecule has 8 nitrogen and oxygen atoms in total. The highest BCUT2D eigenvalue weighted by Crippen LogP contribution is 2.30. The average molecular weight is 431 g/mol. The molecule has 0 aromatic rings. The van der Waals surface area contributed by atoms with E-state index in [1.165, 1.54) is 7.11 Å². The highest BCUT2D eigenvalue weighted by molar-refractivity contribution is 5.78. The molecule has 1 unspecified atom stereocenters. The summed E-state index contributed by atoms with van der Waals surface area (Å²) in [5.74, 6) is -0.144. The summed E-state index contributed by atoms with van der Waals surface area (Å²) in [4.78, 5) is 25.3. The van der Waals surface area contributed by atoms with Gasteiger partial charge >= 0.3 is 6.09 Å². The minimum absolute atomic E-state index is 0.0441. The van der Waals surface area contributed by atoms with Crippen LogP contribution in [0.15, 0.2) is 0 Å². The number of carbonyl (C=O) groups excluding carboxylic acids is 2. The van der Waals surface area contributed by atoms with Crippen LogP contribution in [0.3, 0.4) is 0 Å². The fourth-order valence-corrected chi connectivity index (χ4v) is 3.83. The maximum absolute atomic E-state index is 12.7. The molecule has 0 aromatic carbocycles. The highest BCUT2D eigenvalue weighted by atomic mass is 16.7. The zero-order chi connectivity index (χ0) is 22.9. The average Bonchev–Trinajstić information content (AvgIpc) is 2.64. The minimum atomic E-state index is -0.901. The molecule has 8 heteroatoms. The van der Waals surface area contributed by atoms with Crippen LogP contribution in [0.1, 0.15) is 73.6 Å². The lowest BCUT2D eigenvalue weighted by Crippen LogP contribution is -2.63. The number of ether oxygens (including phenoxy) is 3. The Morgan fingerprint density at radius 3 is 2.13 bits per heavy atom. The Balaban J connectivity index is 3.25. The molecule has 2 amide bonds. The Labute approximate surface area is 181 Å². The first-order valence-corrected chi connectivity index (χ1v) is 11.0. The summed E-state index contributed by atoms with van der Waals surface area (Å²) in [6.07, 6.45) is 2.87. The van der Waals surface area contributed by atoms with Gasteiger partial charge in [0.25, 0.3) is 0 Å². The Bertz CT molecular complexity index is 526. The van der Waals surface area contributed by atoms with Gasteiger partial charge in [0.2, 0.25) is 5.91 Å². The summed E-state index contributed by atoms with van der Waals surface area (Å²) in [6, 6.07) is -1.08. The van der Waals surface area contributed by atoms with Crippen molar-refractivity contribution in [1.82, 2.24) is 10.6 Å². The summed E-state index contributed by atoms with van der Waals surface area (Å²) < 4.78 is 16.3. The topological polar surface area (TPSA) is 106 Å². The van der Waals surface area contributed by atoms with Crippen LogP contribution in [0.25, 0.3) is 0 Å². The van der Waals surface area contributed by atoms with Crippen LogP contribution in [0.2, 0.25) is 0 Å². The number of methoxy groups -OCH3 is 1. The summed E-state index contributed by atoms with van der Waals surface area (Å²) in [5, 5.41) is 16.5. The van der Waals surface area contributed by atoms with Crippen molar-refractivity contribution in [3.05, 3.63) is 0 Å².